The van der Waals surface area contributed by atoms with Gasteiger partial charge in [0.1, 0.15) is 17.9 Å². The molecular weight excluding hydrogens is 332 g/mol. The van der Waals surface area contributed by atoms with Crippen LogP contribution in [-0.2, 0) is 0 Å². The lowest BCUT2D eigenvalue weighted by atomic mass is 10.2. The third-order valence-electron chi connectivity index (χ3n) is 4.10. The van der Waals surface area contributed by atoms with Gasteiger partial charge in [0.05, 0.1) is 28.5 Å². The molecule has 1 unspecified atom stereocenters. The Bertz CT molecular complexity index is 824. The number of fused-ring (bicyclic) bond motifs is 1. The molecule has 1 aromatic carbocycles. The van der Waals surface area contributed by atoms with Crippen molar-refractivity contribution in [1.82, 2.24) is 13.7 Å². The molecule has 5 nitrogen and oxygen atoms in total. The zero-order valence-electron chi connectivity index (χ0n) is 12.4. The van der Waals surface area contributed by atoms with Crippen LogP contribution >= 0.6 is 23.3 Å². The number of rotatable bonds is 4. The van der Waals surface area contributed by atoms with Crippen LogP contribution < -0.4 is 9.64 Å². The van der Waals surface area contributed by atoms with E-state index in [1.807, 2.05) is 30.3 Å². The quantitative estimate of drug-likeness (QED) is 0.719. The molecule has 0 saturated carbocycles. The van der Waals surface area contributed by atoms with Crippen molar-refractivity contribution in [2.75, 3.05) is 18.1 Å². The van der Waals surface area contributed by atoms with E-state index in [-0.39, 0.29) is 0 Å². The van der Waals surface area contributed by atoms with Gasteiger partial charge in [0.2, 0.25) is 0 Å². The van der Waals surface area contributed by atoms with E-state index >= 15 is 0 Å². The fourth-order valence-electron chi connectivity index (χ4n) is 2.99. The molecule has 0 aliphatic carbocycles. The fraction of sp³-hybridized carbons (Fsp3) is 0.312. The van der Waals surface area contributed by atoms with Gasteiger partial charge >= 0.3 is 0 Å². The minimum Gasteiger partial charge on any atom is -0.490 e. The maximum Gasteiger partial charge on any atom is 0.195 e. The lowest BCUT2D eigenvalue weighted by molar-refractivity contribution is 0.289. The summed E-state index contributed by atoms with van der Waals surface area (Å²) in [6.07, 6.45) is 4.02. The molecule has 7 heteroatoms. The van der Waals surface area contributed by atoms with Crippen LogP contribution in [0.25, 0.3) is 11.2 Å². The van der Waals surface area contributed by atoms with Gasteiger partial charge in [0, 0.05) is 12.7 Å². The van der Waals surface area contributed by atoms with Gasteiger partial charge in [0.15, 0.2) is 5.65 Å². The molecule has 0 N–H and O–H groups in total. The molecule has 0 amide bonds. The highest BCUT2D eigenvalue weighted by Gasteiger charge is 2.27. The maximum absolute atomic E-state index is 6.16. The number of halogens is 1. The highest BCUT2D eigenvalue weighted by Crippen LogP contribution is 2.31. The Morgan fingerprint density at radius 2 is 2.17 bits per heavy atom. The highest BCUT2D eigenvalue weighted by atomic mass is 35.5. The number of aromatic nitrogens is 3. The Hall–Kier alpha value is -1.92. The first kappa shape index (κ1) is 14.7. The van der Waals surface area contributed by atoms with Crippen LogP contribution in [0.1, 0.15) is 12.8 Å². The number of benzene rings is 1. The van der Waals surface area contributed by atoms with Crippen LogP contribution in [0.3, 0.4) is 0 Å². The van der Waals surface area contributed by atoms with Crippen molar-refractivity contribution in [1.29, 1.82) is 0 Å². The topological polar surface area (TPSA) is 51.1 Å². The summed E-state index contributed by atoms with van der Waals surface area (Å²) in [5, 5.41) is 0.645. The minimum atomic E-state index is 0.304. The Labute approximate surface area is 143 Å². The van der Waals surface area contributed by atoms with Crippen molar-refractivity contribution >= 4 is 40.2 Å². The number of hydrogen-bond acceptors (Lipinski definition) is 6. The maximum atomic E-state index is 6.16. The summed E-state index contributed by atoms with van der Waals surface area (Å²) >= 11 is 7.36. The molecule has 2 aromatic heterocycles. The van der Waals surface area contributed by atoms with Gasteiger partial charge in [-0.05, 0) is 31.0 Å². The molecule has 4 rings (SSSR count). The van der Waals surface area contributed by atoms with E-state index in [1.54, 1.807) is 6.20 Å². The van der Waals surface area contributed by atoms with Crippen molar-refractivity contribution in [3.63, 3.8) is 0 Å². The summed E-state index contributed by atoms with van der Waals surface area (Å²) < 4.78 is 14.6. The molecule has 1 aliphatic heterocycles. The van der Waals surface area contributed by atoms with Gasteiger partial charge in [-0.2, -0.15) is 8.75 Å². The zero-order chi connectivity index (χ0) is 15.6. The summed E-state index contributed by atoms with van der Waals surface area (Å²) in [6, 6.07) is 9.89. The normalized spacial score (nSPS) is 17.8. The second kappa shape index (κ2) is 6.29. The monoisotopic (exact) mass is 346 g/mol. The summed E-state index contributed by atoms with van der Waals surface area (Å²) in [6.45, 7) is 1.60. The lowest BCUT2D eigenvalue weighted by Crippen LogP contribution is -2.34. The van der Waals surface area contributed by atoms with E-state index in [1.165, 1.54) is 11.7 Å². The molecule has 1 saturated heterocycles. The number of anilines is 1. The van der Waals surface area contributed by atoms with E-state index in [0.717, 1.165) is 36.3 Å². The van der Waals surface area contributed by atoms with Gasteiger partial charge in [-0.1, -0.05) is 23.7 Å². The third-order valence-corrected chi connectivity index (χ3v) is 4.93. The molecule has 0 spiro atoms. The molecule has 3 aromatic rings. The Morgan fingerprint density at radius 3 is 3.09 bits per heavy atom. The average molecular weight is 347 g/mol. The molecule has 1 fully saturated rings. The SMILES string of the molecule is Clc1ccccc1OCC1CCCN1c1ccnc2nsnc12. The van der Waals surface area contributed by atoms with Gasteiger partial charge in [-0.25, -0.2) is 4.98 Å². The van der Waals surface area contributed by atoms with Gasteiger partial charge in [-0.3, -0.25) is 0 Å². The smallest absolute Gasteiger partial charge is 0.195 e. The molecule has 23 heavy (non-hydrogen) atoms. The highest BCUT2D eigenvalue weighted by molar-refractivity contribution is 7.00. The van der Waals surface area contributed by atoms with Crippen LogP contribution in [0.2, 0.25) is 5.02 Å². The molecule has 1 aliphatic rings. The van der Waals surface area contributed by atoms with Crippen LogP contribution in [0.5, 0.6) is 5.75 Å². The predicted octanol–water partition coefficient (Wildman–Crippen LogP) is 3.79. The molecule has 118 valence electrons. The van der Waals surface area contributed by atoms with Gasteiger partial charge in [0.25, 0.3) is 0 Å². The van der Waals surface area contributed by atoms with Crippen molar-refractivity contribution in [3.05, 3.63) is 41.6 Å². The Kier molecular flexibility index (Phi) is 4.01. The first-order valence-corrected chi connectivity index (χ1v) is 8.65. The fourth-order valence-corrected chi connectivity index (χ4v) is 3.69. The number of pyridine rings is 1. The Morgan fingerprint density at radius 1 is 1.26 bits per heavy atom. The third kappa shape index (κ3) is 2.84. The predicted molar refractivity (Wildman–Crippen MR) is 92.5 cm³/mol. The van der Waals surface area contributed by atoms with Crippen LogP contribution in [-0.4, -0.2) is 32.9 Å². The molecule has 0 radical (unpaired) electrons. The number of ether oxygens (including phenoxy) is 1. The van der Waals surface area contributed by atoms with E-state index in [4.69, 9.17) is 16.3 Å². The average Bonchev–Trinajstić information content (AvgIpc) is 3.22. The van der Waals surface area contributed by atoms with Crippen molar-refractivity contribution < 1.29 is 4.74 Å². The largest absolute Gasteiger partial charge is 0.490 e. The summed E-state index contributed by atoms with van der Waals surface area (Å²) in [5.74, 6) is 0.733. The van der Waals surface area contributed by atoms with Crippen LogP contribution in [0.15, 0.2) is 36.5 Å². The first-order valence-electron chi connectivity index (χ1n) is 7.54. The van der Waals surface area contributed by atoms with E-state index in [0.29, 0.717) is 23.3 Å². The number of para-hydroxylation sites is 1. The van der Waals surface area contributed by atoms with Crippen LogP contribution in [0.4, 0.5) is 5.69 Å². The Balaban J connectivity index is 1.55. The molecule has 3 heterocycles. The second-order valence-corrected chi connectivity index (χ2v) is 6.43. The summed E-state index contributed by atoms with van der Waals surface area (Å²) in [4.78, 5) is 6.61. The zero-order valence-corrected chi connectivity index (χ0v) is 13.9. The first-order chi connectivity index (χ1) is 11.3. The van der Waals surface area contributed by atoms with Gasteiger partial charge < -0.3 is 9.64 Å². The lowest BCUT2D eigenvalue weighted by Gasteiger charge is -2.26. The second-order valence-electron chi connectivity index (χ2n) is 5.50. The molecule has 1 atom stereocenters. The molecular formula is C16H15ClN4OS. The van der Waals surface area contributed by atoms with Crippen molar-refractivity contribution in [2.24, 2.45) is 0 Å². The van der Waals surface area contributed by atoms with Gasteiger partial charge in [-0.15, -0.1) is 0 Å². The number of hydrogen-bond donors (Lipinski definition) is 0. The summed E-state index contributed by atoms with van der Waals surface area (Å²) in [7, 11) is 0. The standard InChI is InChI=1S/C16H15ClN4OS/c17-12-5-1-2-6-14(12)22-10-11-4-3-9-21(11)13-7-8-18-16-15(13)19-23-20-16/h1-2,5-8,11H,3-4,9-10H2. The molecule has 0 bridgehead atoms. The minimum absolute atomic E-state index is 0.304. The number of nitrogens with zero attached hydrogens (tertiary/aromatic N) is 4. The van der Waals surface area contributed by atoms with Crippen molar-refractivity contribution in [3.8, 4) is 5.75 Å². The van der Waals surface area contributed by atoms with E-state index < -0.39 is 0 Å². The van der Waals surface area contributed by atoms with E-state index in [2.05, 4.69) is 18.6 Å². The van der Waals surface area contributed by atoms with Crippen LogP contribution in [0, 0.1) is 0 Å². The van der Waals surface area contributed by atoms with Crippen molar-refractivity contribution in [2.45, 2.75) is 18.9 Å². The van der Waals surface area contributed by atoms with E-state index in [9.17, 15) is 0 Å². The summed E-state index contributed by atoms with van der Waals surface area (Å²) in [5.41, 5.74) is 2.68.